The molecule has 0 bridgehead atoms. The Balaban J connectivity index is 1.33. The van der Waals surface area contributed by atoms with Crippen molar-refractivity contribution in [3.05, 3.63) is 133 Å². The number of rotatable bonds is 2. The average molecular weight is 524 g/mol. The smallest absolute Gasteiger partial charge is 0.135 e. The standard InChI is InChI=1S/C37H21N3O/c38-22-23-8-7-12-29-28-11-3-6-15-34(28)40(37(23)29)25-17-19-36-31(21-25)30-20-24(16-18-35(30)41-36)39-32-13-4-1-9-26(32)27-10-2-5-14-33(27)39/h1-21H. The van der Waals surface area contributed by atoms with Crippen molar-refractivity contribution in [1.82, 2.24) is 9.13 Å². The SMILES string of the molecule is N#Cc1cccc2c3ccccc3n(-c3ccc4oc5ccc(-n6c7ccccc7c7ccccc76)cc5c4c3)c12. The summed E-state index contributed by atoms with van der Waals surface area (Å²) >= 11 is 0. The lowest BCUT2D eigenvalue weighted by atomic mass is 10.1. The molecule has 3 aromatic heterocycles. The average Bonchev–Trinajstić information content (AvgIpc) is 3.68. The molecule has 0 amide bonds. The van der Waals surface area contributed by atoms with E-state index in [1.165, 1.54) is 21.8 Å². The zero-order valence-corrected chi connectivity index (χ0v) is 21.9. The van der Waals surface area contributed by atoms with Gasteiger partial charge in [-0.3, -0.25) is 0 Å². The lowest BCUT2D eigenvalue weighted by molar-refractivity contribution is 0.669. The second-order valence-corrected chi connectivity index (χ2v) is 10.5. The van der Waals surface area contributed by atoms with Crippen LogP contribution in [0.15, 0.2) is 132 Å². The summed E-state index contributed by atoms with van der Waals surface area (Å²) in [6, 6.07) is 46.6. The number of fused-ring (bicyclic) bond motifs is 9. The zero-order valence-electron chi connectivity index (χ0n) is 21.9. The first kappa shape index (κ1) is 22.1. The van der Waals surface area contributed by atoms with E-state index in [4.69, 9.17) is 4.42 Å². The largest absolute Gasteiger partial charge is 0.456 e. The van der Waals surface area contributed by atoms with Crippen LogP contribution >= 0.6 is 0 Å². The molecule has 0 spiro atoms. The number of aromatic nitrogens is 2. The summed E-state index contributed by atoms with van der Waals surface area (Å²) in [5.74, 6) is 0. The fourth-order valence-electron chi connectivity index (χ4n) is 6.61. The van der Waals surface area contributed by atoms with Crippen molar-refractivity contribution in [3.63, 3.8) is 0 Å². The second-order valence-electron chi connectivity index (χ2n) is 10.5. The third-order valence-corrected chi connectivity index (χ3v) is 8.35. The Kier molecular flexibility index (Phi) is 4.37. The molecular weight excluding hydrogens is 502 g/mol. The molecule has 4 nitrogen and oxygen atoms in total. The minimum atomic E-state index is 0.657. The molecule has 0 N–H and O–H groups in total. The Labute approximate surface area is 234 Å². The summed E-state index contributed by atoms with van der Waals surface area (Å²) in [4.78, 5) is 0. The monoisotopic (exact) mass is 523 g/mol. The summed E-state index contributed by atoms with van der Waals surface area (Å²) in [6.07, 6.45) is 0. The summed E-state index contributed by atoms with van der Waals surface area (Å²) in [5.41, 5.74) is 8.78. The lowest BCUT2D eigenvalue weighted by Crippen LogP contribution is -1.95. The van der Waals surface area contributed by atoms with E-state index in [1.807, 2.05) is 30.3 Å². The van der Waals surface area contributed by atoms with E-state index in [0.717, 1.165) is 55.1 Å². The van der Waals surface area contributed by atoms with Crippen LogP contribution in [-0.4, -0.2) is 9.13 Å². The molecule has 0 saturated carbocycles. The molecule has 0 unspecified atom stereocenters. The second kappa shape index (κ2) is 8.11. The molecule has 0 atom stereocenters. The maximum absolute atomic E-state index is 10.0. The molecule has 41 heavy (non-hydrogen) atoms. The molecule has 3 heterocycles. The van der Waals surface area contributed by atoms with Crippen molar-refractivity contribution in [1.29, 1.82) is 5.26 Å². The van der Waals surface area contributed by atoms with Gasteiger partial charge in [-0.15, -0.1) is 0 Å². The Morgan fingerprint density at radius 2 is 0.951 bits per heavy atom. The number of benzene rings is 6. The quantitative estimate of drug-likeness (QED) is 0.226. The van der Waals surface area contributed by atoms with Crippen LogP contribution in [0.1, 0.15) is 5.56 Å². The molecule has 0 aliphatic rings. The minimum Gasteiger partial charge on any atom is -0.456 e. The Morgan fingerprint density at radius 3 is 1.54 bits per heavy atom. The fourth-order valence-corrected chi connectivity index (χ4v) is 6.61. The van der Waals surface area contributed by atoms with Gasteiger partial charge in [-0.1, -0.05) is 66.7 Å². The van der Waals surface area contributed by atoms with Gasteiger partial charge in [-0.25, -0.2) is 0 Å². The van der Waals surface area contributed by atoms with Crippen LogP contribution in [0, 0.1) is 11.3 Å². The van der Waals surface area contributed by atoms with Crippen LogP contribution in [0.2, 0.25) is 0 Å². The lowest BCUT2D eigenvalue weighted by Gasteiger charge is -2.09. The van der Waals surface area contributed by atoms with Crippen LogP contribution in [0.5, 0.6) is 0 Å². The van der Waals surface area contributed by atoms with E-state index < -0.39 is 0 Å². The maximum Gasteiger partial charge on any atom is 0.135 e. The zero-order chi connectivity index (χ0) is 27.1. The number of nitriles is 1. The van der Waals surface area contributed by atoms with Crippen LogP contribution in [0.3, 0.4) is 0 Å². The topological polar surface area (TPSA) is 46.8 Å². The van der Waals surface area contributed by atoms with Gasteiger partial charge in [0, 0.05) is 43.7 Å². The fraction of sp³-hybridized carbons (Fsp3) is 0. The molecule has 0 aliphatic heterocycles. The van der Waals surface area contributed by atoms with Gasteiger partial charge in [-0.05, 0) is 60.7 Å². The Morgan fingerprint density at radius 1 is 0.463 bits per heavy atom. The highest BCUT2D eigenvalue weighted by Gasteiger charge is 2.18. The van der Waals surface area contributed by atoms with E-state index in [2.05, 4.69) is 112 Å². The van der Waals surface area contributed by atoms with Crippen molar-refractivity contribution in [2.24, 2.45) is 0 Å². The molecule has 190 valence electrons. The number of furan rings is 1. The third kappa shape index (κ3) is 2.98. The first-order valence-corrected chi connectivity index (χ1v) is 13.7. The molecule has 9 aromatic rings. The van der Waals surface area contributed by atoms with E-state index in [-0.39, 0.29) is 0 Å². The van der Waals surface area contributed by atoms with Crippen LogP contribution in [0.4, 0.5) is 0 Å². The molecule has 0 fully saturated rings. The number of hydrogen-bond acceptors (Lipinski definition) is 2. The molecule has 6 aromatic carbocycles. The first-order valence-electron chi connectivity index (χ1n) is 13.7. The van der Waals surface area contributed by atoms with Crippen LogP contribution in [-0.2, 0) is 0 Å². The molecule has 9 rings (SSSR count). The highest BCUT2D eigenvalue weighted by Crippen LogP contribution is 2.38. The summed E-state index contributed by atoms with van der Waals surface area (Å²) in [7, 11) is 0. The van der Waals surface area contributed by atoms with Crippen molar-refractivity contribution >= 4 is 65.6 Å². The first-order chi connectivity index (χ1) is 20.3. The van der Waals surface area contributed by atoms with Gasteiger partial charge in [0.2, 0.25) is 0 Å². The minimum absolute atomic E-state index is 0.657. The van der Waals surface area contributed by atoms with Gasteiger partial charge in [0.1, 0.15) is 17.2 Å². The van der Waals surface area contributed by atoms with E-state index in [9.17, 15) is 5.26 Å². The van der Waals surface area contributed by atoms with E-state index >= 15 is 0 Å². The van der Waals surface area contributed by atoms with E-state index in [1.54, 1.807) is 0 Å². The summed E-state index contributed by atoms with van der Waals surface area (Å²) < 4.78 is 10.9. The van der Waals surface area contributed by atoms with Crippen molar-refractivity contribution < 1.29 is 4.42 Å². The summed E-state index contributed by atoms with van der Waals surface area (Å²) in [5, 5.41) is 16.8. The Hall–Kier alpha value is -5.79. The van der Waals surface area contributed by atoms with Gasteiger partial charge in [0.25, 0.3) is 0 Å². The molecule has 4 heteroatoms. The normalized spacial score (nSPS) is 11.9. The number of nitrogens with zero attached hydrogens (tertiary/aromatic N) is 3. The molecule has 0 radical (unpaired) electrons. The van der Waals surface area contributed by atoms with Crippen molar-refractivity contribution in [2.75, 3.05) is 0 Å². The predicted molar refractivity (Wildman–Crippen MR) is 167 cm³/mol. The Bertz CT molecular complexity index is 2500. The van der Waals surface area contributed by atoms with Crippen LogP contribution in [0.25, 0.3) is 76.9 Å². The van der Waals surface area contributed by atoms with Gasteiger partial charge in [0.15, 0.2) is 0 Å². The highest BCUT2D eigenvalue weighted by atomic mass is 16.3. The highest BCUT2D eigenvalue weighted by molar-refractivity contribution is 6.13. The van der Waals surface area contributed by atoms with Gasteiger partial charge in [0.05, 0.1) is 27.6 Å². The van der Waals surface area contributed by atoms with E-state index in [0.29, 0.717) is 5.56 Å². The van der Waals surface area contributed by atoms with Crippen LogP contribution < -0.4 is 0 Å². The summed E-state index contributed by atoms with van der Waals surface area (Å²) in [6.45, 7) is 0. The number of para-hydroxylation sites is 4. The maximum atomic E-state index is 10.0. The molecule has 0 saturated heterocycles. The third-order valence-electron chi connectivity index (χ3n) is 8.35. The van der Waals surface area contributed by atoms with Gasteiger partial charge in [-0.2, -0.15) is 5.26 Å². The van der Waals surface area contributed by atoms with Crippen molar-refractivity contribution in [2.45, 2.75) is 0 Å². The predicted octanol–water partition coefficient (Wildman–Crippen LogP) is 9.65. The molecule has 0 aliphatic carbocycles. The van der Waals surface area contributed by atoms with Crippen molar-refractivity contribution in [3.8, 4) is 17.4 Å². The number of hydrogen-bond donors (Lipinski definition) is 0. The van der Waals surface area contributed by atoms with Gasteiger partial charge >= 0.3 is 0 Å². The molecular formula is C37H21N3O. The van der Waals surface area contributed by atoms with Gasteiger partial charge < -0.3 is 13.6 Å².